The summed E-state index contributed by atoms with van der Waals surface area (Å²) in [5, 5.41) is 8.78. The van der Waals surface area contributed by atoms with Gasteiger partial charge < -0.3 is 13.9 Å². The van der Waals surface area contributed by atoms with E-state index in [1.165, 1.54) is 31.4 Å². The number of para-hydroxylation sites is 1. The number of sulfonamides is 1. The zero-order chi connectivity index (χ0) is 23.4. The first-order chi connectivity index (χ1) is 15.9. The summed E-state index contributed by atoms with van der Waals surface area (Å²) >= 11 is 5.90. The SMILES string of the molecule is COc1cccc(OC)c1-n1c(NS(=O)(=O)CCc2ccc(Cl)cc2)nnc1-c1cocn1. The van der Waals surface area contributed by atoms with Crippen molar-refractivity contribution in [2.45, 2.75) is 6.42 Å². The predicted octanol–water partition coefficient (Wildman–Crippen LogP) is 3.58. The Balaban J connectivity index is 1.73. The minimum absolute atomic E-state index is 0.0492. The smallest absolute Gasteiger partial charge is 0.243 e. The molecule has 4 rings (SSSR count). The van der Waals surface area contributed by atoms with E-state index in [4.69, 9.17) is 25.5 Å². The molecule has 12 heteroatoms. The van der Waals surface area contributed by atoms with Gasteiger partial charge in [0.05, 0.1) is 20.0 Å². The monoisotopic (exact) mass is 489 g/mol. The minimum Gasteiger partial charge on any atom is -0.494 e. The maximum atomic E-state index is 12.9. The van der Waals surface area contributed by atoms with Gasteiger partial charge in [0, 0.05) is 5.02 Å². The molecule has 0 aliphatic rings. The molecule has 172 valence electrons. The molecule has 4 aromatic rings. The third-order valence-corrected chi connectivity index (χ3v) is 6.26. The maximum Gasteiger partial charge on any atom is 0.243 e. The predicted molar refractivity (Wildman–Crippen MR) is 123 cm³/mol. The van der Waals surface area contributed by atoms with Gasteiger partial charge in [-0.2, -0.15) is 0 Å². The number of nitrogens with one attached hydrogen (secondary N) is 1. The van der Waals surface area contributed by atoms with E-state index in [0.717, 1.165) is 5.56 Å². The van der Waals surface area contributed by atoms with Crippen LogP contribution >= 0.6 is 11.6 Å². The van der Waals surface area contributed by atoms with Crippen LogP contribution in [0.2, 0.25) is 5.02 Å². The summed E-state index contributed by atoms with van der Waals surface area (Å²) in [6.07, 6.45) is 2.90. The van der Waals surface area contributed by atoms with E-state index in [2.05, 4.69) is 19.9 Å². The Labute approximate surface area is 195 Å². The van der Waals surface area contributed by atoms with Gasteiger partial charge in [-0.3, -0.25) is 9.29 Å². The van der Waals surface area contributed by atoms with Gasteiger partial charge in [-0.05, 0) is 36.2 Å². The average molecular weight is 490 g/mol. The summed E-state index contributed by atoms with van der Waals surface area (Å²) in [5.74, 6) is 0.846. The molecule has 33 heavy (non-hydrogen) atoms. The highest BCUT2D eigenvalue weighted by atomic mass is 35.5. The number of ether oxygens (including phenoxy) is 2. The minimum atomic E-state index is -3.80. The Hall–Kier alpha value is -3.57. The van der Waals surface area contributed by atoms with E-state index in [1.54, 1.807) is 42.5 Å². The topological polar surface area (TPSA) is 121 Å². The number of benzene rings is 2. The molecule has 2 heterocycles. The van der Waals surface area contributed by atoms with Crippen molar-refractivity contribution in [1.29, 1.82) is 0 Å². The number of hydrogen-bond donors (Lipinski definition) is 1. The van der Waals surface area contributed by atoms with E-state index in [-0.39, 0.29) is 23.9 Å². The van der Waals surface area contributed by atoms with Crippen molar-refractivity contribution in [2.24, 2.45) is 0 Å². The van der Waals surface area contributed by atoms with Crippen molar-refractivity contribution >= 4 is 27.6 Å². The molecule has 0 aliphatic heterocycles. The lowest BCUT2D eigenvalue weighted by atomic mass is 10.2. The van der Waals surface area contributed by atoms with Crippen LogP contribution in [-0.4, -0.2) is 48.1 Å². The van der Waals surface area contributed by atoms with Crippen LogP contribution in [-0.2, 0) is 16.4 Å². The molecule has 0 aliphatic carbocycles. The standard InChI is InChI=1S/C21H20ClN5O5S/c1-30-17-4-3-5-18(31-2)19(17)27-20(16-12-32-13-23-16)24-25-21(27)26-33(28,29)11-10-14-6-8-15(22)9-7-14/h3-9,12-13H,10-11H2,1-2H3,(H,25,26). The van der Waals surface area contributed by atoms with E-state index in [0.29, 0.717) is 27.9 Å². The number of halogens is 1. The molecule has 0 bridgehead atoms. The molecule has 0 radical (unpaired) electrons. The van der Waals surface area contributed by atoms with Gasteiger partial charge in [0.1, 0.15) is 29.1 Å². The van der Waals surface area contributed by atoms with Crippen LogP contribution in [0.5, 0.6) is 11.5 Å². The maximum absolute atomic E-state index is 12.9. The van der Waals surface area contributed by atoms with Crippen LogP contribution in [0, 0.1) is 0 Å². The number of methoxy groups -OCH3 is 2. The zero-order valence-electron chi connectivity index (χ0n) is 17.7. The van der Waals surface area contributed by atoms with Crippen LogP contribution in [0.3, 0.4) is 0 Å². The van der Waals surface area contributed by atoms with Crippen LogP contribution in [0.4, 0.5) is 5.95 Å². The summed E-state index contributed by atoms with van der Waals surface area (Å²) in [5.41, 5.74) is 1.59. The first kappa shape index (κ1) is 22.6. The molecule has 2 aromatic heterocycles. The van der Waals surface area contributed by atoms with Crippen molar-refractivity contribution in [1.82, 2.24) is 19.7 Å². The van der Waals surface area contributed by atoms with Gasteiger partial charge >= 0.3 is 0 Å². The van der Waals surface area contributed by atoms with Crippen molar-refractivity contribution in [2.75, 3.05) is 24.7 Å². The van der Waals surface area contributed by atoms with E-state index in [9.17, 15) is 8.42 Å². The van der Waals surface area contributed by atoms with Gasteiger partial charge in [-0.25, -0.2) is 13.4 Å². The van der Waals surface area contributed by atoms with Crippen molar-refractivity contribution in [3.8, 4) is 28.7 Å². The second-order valence-electron chi connectivity index (χ2n) is 6.86. The molecule has 1 N–H and O–H groups in total. The van der Waals surface area contributed by atoms with E-state index >= 15 is 0 Å². The van der Waals surface area contributed by atoms with Crippen LogP contribution < -0.4 is 14.2 Å². The molecular weight excluding hydrogens is 470 g/mol. The van der Waals surface area contributed by atoms with Gasteiger partial charge in [-0.1, -0.05) is 29.8 Å². The number of aromatic nitrogens is 4. The highest BCUT2D eigenvalue weighted by molar-refractivity contribution is 7.92. The molecule has 2 aromatic carbocycles. The fourth-order valence-electron chi connectivity index (χ4n) is 3.20. The van der Waals surface area contributed by atoms with Crippen LogP contribution in [0.1, 0.15) is 5.56 Å². The van der Waals surface area contributed by atoms with Gasteiger partial charge in [0.15, 0.2) is 12.2 Å². The second kappa shape index (κ2) is 9.51. The van der Waals surface area contributed by atoms with E-state index in [1.807, 2.05) is 0 Å². The third kappa shape index (κ3) is 4.94. The molecule has 0 atom stereocenters. The molecule has 0 amide bonds. The number of aryl methyl sites for hydroxylation is 1. The van der Waals surface area contributed by atoms with Crippen molar-refractivity contribution in [3.63, 3.8) is 0 Å². The number of oxazole rings is 1. The Kier molecular flexibility index (Phi) is 6.52. The highest BCUT2D eigenvalue weighted by Gasteiger charge is 2.26. The summed E-state index contributed by atoms with van der Waals surface area (Å²) < 4.78 is 45.9. The molecule has 10 nitrogen and oxygen atoms in total. The van der Waals surface area contributed by atoms with E-state index < -0.39 is 10.0 Å². The largest absolute Gasteiger partial charge is 0.494 e. The summed E-state index contributed by atoms with van der Waals surface area (Å²) in [7, 11) is -0.811. The normalized spacial score (nSPS) is 11.4. The lowest BCUT2D eigenvalue weighted by Gasteiger charge is -2.17. The number of rotatable bonds is 9. The Bertz CT molecular complexity index is 1320. The Morgan fingerprint density at radius 3 is 2.36 bits per heavy atom. The first-order valence-corrected chi connectivity index (χ1v) is 11.7. The van der Waals surface area contributed by atoms with Gasteiger partial charge in [0.25, 0.3) is 0 Å². The Morgan fingerprint density at radius 1 is 1.06 bits per heavy atom. The average Bonchev–Trinajstić information content (AvgIpc) is 3.48. The zero-order valence-corrected chi connectivity index (χ0v) is 19.3. The second-order valence-corrected chi connectivity index (χ2v) is 9.14. The van der Waals surface area contributed by atoms with Crippen molar-refractivity contribution < 1.29 is 22.3 Å². The fourth-order valence-corrected chi connectivity index (χ4v) is 4.34. The molecule has 0 saturated heterocycles. The van der Waals surface area contributed by atoms with Crippen LogP contribution in [0.25, 0.3) is 17.2 Å². The quantitative estimate of drug-likeness (QED) is 0.378. The molecule has 0 spiro atoms. The molecule has 0 saturated carbocycles. The third-order valence-electron chi connectivity index (χ3n) is 4.77. The first-order valence-electron chi connectivity index (χ1n) is 9.72. The summed E-state index contributed by atoms with van der Waals surface area (Å²) in [4.78, 5) is 4.12. The highest BCUT2D eigenvalue weighted by Crippen LogP contribution is 2.37. The lowest BCUT2D eigenvalue weighted by Crippen LogP contribution is -2.21. The number of hydrogen-bond acceptors (Lipinski definition) is 8. The number of nitrogens with zero attached hydrogens (tertiary/aromatic N) is 4. The lowest BCUT2D eigenvalue weighted by molar-refractivity contribution is 0.391. The number of anilines is 1. The Morgan fingerprint density at radius 2 is 1.76 bits per heavy atom. The van der Waals surface area contributed by atoms with Crippen molar-refractivity contribution in [3.05, 3.63) is 65.7 Å². The molecular formula is C21H20ClN5O5S. The summed E-state index contributed by atoms with van der Waals surface area (Å²) in [6, 6.07) is 12.2. The fraction of sp³-hybridized carbons (Fsp3) is 0.190. The van der Waals surface area contributed by atoms with Gasteiger partial charge in [-0.15, -0.1) is 10.2 Å². The molecule has 0 unspecified atom stereocenters. The van der Waals surface area contributed by atoms with Gasteiger partial charge in [0.2, 0.25) is 16.0 Å². The van der Waals surface area contributed by atoms with Crippen LogP contribution in [0.15, 0.2) is 59.5 Å². The molecule has 0 fully saturated rings. The summed E-state index contributed by atoms with van der Waals surface area (Å²) in [6.45, 7) is 0.